The second-order valence-corrected chi connectivity index (χ2v) is 3.25. The van der Waals surface area contributed by atoms with E-state index in [1.54, 1.807) is 0 Å². The van der Waals surface area contributed by atoms with Crippen LogP contribution in [0, 0.1) is 0 Å². The Labute approximate surface area is 97.9 Å². The number of nitrogens with one attached hydrogen (secondary N) is 2. The maximum Gasteiger partial charge on any atom is 0.221 e. The number of ether oxygens (including phenoxy) is 2. The molecule has 2 N–H and O–H groups in total. The van der Waals surface area contributed by atoms with Crippen LogP contribution < -0.4 is 10.6 Å². The highest BCUT2D eigenvalue weighted by molar-refractivity contribution is 5.75. The predicted octanol–water partition coefficient (Wildman–Crippen LogP) is 0.501. The second kappa shape index (κ2) is 10.9. The maximum absolute atomic E-state index is 11.1. The van der Waals surface area contributed by atoms with Crippen molar-refractivity contribution < 1.29 is 14.3 Å². The molecule has 0 aliphatic heterocycles. The van der Waals surface area contributed by atoms with Crippen LogP contribution >= 0.6 is 0 Å². The van der Waals surface area contributed by atoms with Gasteiger partial charge in [0.05, 0.1) is 0 Å². The zero-order valence-electron chi connectivity index (χ0n) is 10.5. The van der Waals surface area contributed by atoms with Crippen molar-refractivity contribution >= 4 is 5.91 Å². The van der Waals surface area contributed by atoms with Gasteiger partial charge < -0.3 is 20.1 Å². The third-order valence-electron chi connectivity index (χ3n) is 1.92. The van der Waals surface area contributed by atoms with E-state index in [-0.39, 0.29) is 12.2 Å². The first-order chi connectivity index (χ1) is 7.74. The largest absolute Gasteiger partial charge is 0.356 e. The molecule has 0 aromatic rings. The highest BCUT2D eigenvalue weighted by Crippen LogP contribution is 1.93. The van der Waals surface area contributed by atoms with Crippen molar-refractivity contribution in [1.29, 1.82) is 0 Å². The van der Waals surface area contributed by atoms with Crippen LogP contribution in [0.2, 0.25) is 0 Å². The summed E-state index contributed by atoms with van der Waals surface area (Å²) in [7, 11) is 0. The van der Waals surface area contributed by atoms with Crippen LogP contribution in [0.15, 0.2) is 0 Å². The van der Waals surface area contributed by atoms with Gasteiger partial charge in [-0.15, -0.1) is 0 Å². The minimum Gasteiger partial charge on any atom is -0.356 e. The van der Waals surface area contributed by atoms with Gasteiger partial charge >= 0.3 is 0 Å². The molecule has 0 unspecified atom stereocenters. The van der Waals surface area contributed by atoms with Gasteiger partial charge in [-0.1, -0.05) is 0 Å². The lowest BCUT2D eigenvalue weighted by Crippen LogP contribution is -2.34. The monoisotopic (exact) mass is 232 g/mol. The average molecular weight is 232 g/mol. The van der Waals surface area contributed by atoms with Gasteiger partial charge in [-0.25, -0.2) is 0 Å². The molecule has 0 aliphatic carbocycles. The Kier molecular flexibility index (Phi) is 10.4. The van der Waals surface area contributed by atoms with E-state index < -0.39 is 0 Å². The molecule has 0 rings (SSSR count). The smallest absolute Gasteiger partial charge is 0.221 e. The number of carbonyl (C=O) groups is 1. The number of hydrogen-bond donors (Lipinski definition) is 2. The molecule has 0 spiro atoms. The number of hydrogen-bond acceptors (Lipinski definition) is 4. The van der Waals surface area contributed by atoms with E-state index in [0.29, 0.717) is 39.3 Å². The second-order valence-electron chi connectivity index (χ2n) is 3.25. The van der Waals surface area contributed by atoms with Gasteiger partial charge in [0.25, 0.3) is 0 Å². The van der Waals surface area contributed by atoms with E-state index in [1.165, 1.54) is 0 Å². The van der Waals surface area contributed by atoms with Crippen LogP contribution in [-0.4, -0.2) is 45.0 Å². The minimum absolute atomic E-state index is 0.0689. The van der Waals surface area contributed by atoms with Crippen molar-refractivity contribution in [2.75, 3.05) is 32.8 Å². The van der Waals surface area contributed by atoms with E-state index in [2.05, 4.69) is 10.6 Å². The van der Waals surface area contributed by atoms with Crippen LogP contribution in [0.5, 0.6) is 0 Å². The van der Waals surface area contributed by atoms with Gasteiger partial charge in [-0.2, -0.15) is 0 Å². The van der Waals surface area contributed by atoms with Gasteiger partial charge in [0.1, 0.15) is 0 Å². The van der Waals surface area contributed by atoms with Crippen molar-refractivity contribution in [2.24, 2.45) is 0 Å². The summed E-state index contributed by atoms with van der Waals surface area (Å²) in [5.74, 6) is 0.0689. The fourth-order valence-corrected chi connectivity index (χ4v) is 1.25. The van der Waals surface area contributed by atoms with Crippen molar-refractivity contribution in [3.05, 3.63) is 0 Å². The maximum atomic E-state index is 11.1. The van der Waals surface area contributed by atoms with Gasteiger partial charge in [0.15, 0.2) is 6.29 Å². The summed E-state index contributed by atoms with van der Waals surface area (Å²) in [6.07, 6.45) is 0.267. The molecule has 0 atom stereocenters. The molecule has 0 saturated heterocycles. The molecule has 5 nitrogen and oxygen atoms in total. The van der Waals surface area contributed by atoms with E-state index >= 15 is 0 Å². The van der Waals surface area contributed by atoms with E-state index in [9.17, 15) is 4.79 Å². The molecular weight excluding hydrogens is 208 g/mol. The average Bonchev–Trinajstić information content (AvgIpc) is 2.25. The third-order valence-corrected chi connectivity index (χ3v) is 1.92. The first-order valence-corrected chi connectivity index (χ1v) is 5.95. The molecule has 1 amide bonds. The Morgan fingerprint density at radius 3 is 2.31 bits per heavy atom. The number of amides is 1. The molecule has 0 aromatic carbocycles. The lowest BCUT2D eigenvalue weighted by Gasteiger charge is -2.17. The molecule has 0 bridgehead atoms. The Morgan fingerprint density at radius 2 is 1.81 bits per heavy atom. The lowest BCUT2D eigenvalue weighted by atomic mass is 10.4. The van der Waals surface area contributed by atoms with Crippen LogP contribution in [-0.2, 0) is 14.3 Å². The highest BCUT2D eigenvalue weighted by Gasteiger charge is 2.07. The van der Waals surface area contributed by atoms with Crippen molar-refractivity contribution in [3.63, 3.8) is 0 Å². The summed E-state index contributed by atoms with van der Waals surface area (Å²) in [6, 6.07) is 0. The topological polar surface area (TPSA) is 59.6 Å². The molecule has 0 heterocycles. The molecule has 96 valence electrons. The fourth-order valence-electron chi connectivity index (χ4n) is 1.25. The minimum atomic E-state index is -0.218. The molecule has 0 aliphatic rings. The van der Waals surface area contributed by atoms with E-state index in [1.807, 2.05) is 20.8 Å². The SMILES string of the molecule is CCNC(=O)CCNCC(OCC)OCC. The first kappa shape index (κ1) is 15.3. The number of rotatable bonds is 10. The van der Waals surface area contributed by atoms with E-state index in [4.69, 9.17) is 9.47 Å². The van der Waals surface area contributed by atoms with Crippen molar-refractivity contribution in [2.45, 2.75) is 33.5 Å². The number of carbonyl (C=O) groups excluding carboxylic acids is 1. The summed E-state index contributed by atoms with van der Waals surface area (Å²) in [4.78, 5) is 11.1. The molecule has 16 heavy (non-hydrogen) atoms. The third kappa shape index (κ3) is 8.64. The molecule has 0 radical (unpaired) electrons. The molecule has 0 saturated carbocycles. The van der Waals surface area contributed by atoms with Crippen LogP contribution in [0.3, 0.4) is 0 Å². The van der Waals surface area contributed by atoms with Crippen LogP contribution in [0.4, 0.5) is 0 Å². The molecule has 0 fully saturated rings. The van der Waals surface area contributed by atoms with Gasteiger partial charge in [-0.05, 0) is 20.8 Å². The summed E-state index contributed by atoms with van der Waals surface area (Å²) in [5, 5.41) is 5.88. The van der Waals surface area contributed by atoms with Crippen molar-refractivity contribution in [3.8, 4) is 0 Å². The first-order valence-electron chi connectivity index (χ1n) is 5.95. The van der Waals surface area contributed by atoms with Crippen LogP contribution in [0.1, 0.15) is 27.2 Å². The zero-order valence-corrected chi connectivity index (χ0v) is 10.5. The summed E-state index contributed by atoms with van der Waals surface area (Å²) in [6.45, 7) is 8.96. The molecule has 5 heteroatoms. The van der Waals surface area contributed by atoms with Gasteiger partial charge in [-0.3, -0.25) is 4.79 Å². The quantitative estimate of drug-likeness (QED) is 0.425. The summed E-state index contributed by atoms with van der Waals surface area (Å²) in [5.41, 5.74) is 0. The van der Waals surface area contributed by atoms with Gasteiger partial charge in [0.2, 0.25) is 5.91 Å². The van der Waals surface area contributed by atoms with Crippen molar-refractivity contribution in [1.82, 2.24) is 10.6 Å². The van der Waals surface area contributed by atoms with Gasteiger partial charge in [0, 0.05) is 39.3 Å². The molecule has 0 aromatic heterocycles. The molecular formula is C11H24N2O3. The van der Waals surface area contributed by atoms with E-state index in [0.717, 1.165) is 0 Å². The standard InChI is InChI=1S/C11H24N2O3/c1-4-13-10(14)7-8-12-9-11(15-5-2)16-6-3/h11-12H,4-9H2,1-3H3,(H,13,14). The predicted molar refractivity (Wildman–Crippen MR) is 63.2 cm³/mol. The normalized spacial score (nSPS) is 10.8. The lowest BCUT2D eigenvalue weighted by molar-refractivity contribution is -0.133. The summed E-state index contributed by atoms with van der Waals surface area (Å²) < 4.78 is 10.7. The Morgan fingerprint density at radius 1 is 1.19 bits per heavy atom. The fraction of sp³-hybridized carbons (Fsp3) is 0.909. The van der Waals surface area contributed by atoms with Crippen LogP contribution in [0.25, 0.3) is 0 Å². The Hall–Kier alpha value is -0.650. The highest BCUT2D eigenvalue weighted by atomic mass is 16.7. The zero-order chi connectivity index (χ0) is 12.2. The Bertz CT molecular complexity index is 171. The summed E-state index contributed by atoms with van der Waals surface area (Å²) >= 11 is 0. The Balaban J connectivity index is 3.49.